The first-order valence-corrected chi connectivity index (χ1v) is 5.74. The van der Waals surface area contributed by atoms with Gasteiger partial charge in [0, 0.05) is 6.54 Å². The van der Waals surface area contributed by atoms with Gasteiger partial charge in [0.1, 0.15) is 0 Å². The lowest BCUT2D eigenvalue weighted by Gasteiger charge is -2.38. The fourth-order valence-electron chi connectivity index (χ4n) is 1.86. The third kappa shape index (κ3) is 3.18. The molecule has 88 valence electrons. The normalized spacial score (nSPS) is 28.9. The van der Waals surface area contributed by atoms with Gasteiger partial charge in [0.25, 0.3) is 0 Å². The van der Waals surface area contributed by atoms with Gasteiger partial charge >= 0.3 is 0 Å². The smallest absolute Gasteiger partial charge is 0.239 e. The maximum atomic E-state index is 12.0. The summed E-state index contributed by atoms with van der Waals surface area (Å²) in [7, 11) is 0. The third-order valence-electron chi connectivity index (χ3n) is 2.81. The van der Waals surface area contributed by atoms with Gasteiger partial charge in [-0.1, -0.05) is 13.3 Å². The van der Waals surface area contributed by atoms with Crippen molar-refractivity contribution in [2.24, 2.45) is 5.73 Å². The van der Waals surface area contributed by atoms with E-state index in [1.165, 1.54) is 0 Å². The lowest BCUT2D eigenvalue weighted by Crippen LogP contribution is -2.55. The molecule has 0 radical (unpaired) electrons. The van der Waals surface area contributed by atoms with Crippen molar-refractivity contribution in [1.29, 1.82) is 0 Å². The van der Waals surface area contributed by atoms with E-state index in [1.54, 1.807) is 0 Å². The van der Waals surface area contributed by atoms with Crippen molar-refractivity contribution in [2.75, 3.05) is 13.2 Å². The van der Waals surface area contributed by atoms with Crippen LogP contribution in [0.3, 0.4) is 0 Å². The molecule has 15 heavy (non-hydrogen) atoms. The molecule has 1 rings (SSSR count). The Hall–Kier alpha value is -0.610. The average molecular weight is 214 g/mol. The number of morpholine rings is 1. The molecule has 0 spiro atoms. The molecule has 1 fully saturated rings. The van der Waals surface area contributed by atoms with E-state index < -0.39 is 0 Å². The number of hydrogen-bond acceptors (Lipinski definition) is 3. The van der Waals surface area contributed by atoms with E-state index in [0.29, 0.717) is 13.2 Å². The number of nitrogens with two attached hydrogens (primary N) is 1. The number of hydrogen-bond donors (Lipinski definition) is 1. The Bertz CT molecular complexity index is 221. The van der Waals surface area contributed by atoms with Gasteiger partial charge in [0.2, 0.25) is 5.91 Å². The first-order chi connectivity index (χ1) is 7.06. The minimum Gasteiger partial charge on any atom is -0.375 e. The summed E-state index contributed by atoms with van der Waals surface area (Å²) < 4.78 is 5.48. The van der Waals surface area contributed by atoms with Gasteiger partial charge in [-0.2, -0.15) is 0 Å². The van der Waals surface area contributed by atoms with Gasteiger partial charge < -0.3 is 15.4 Å². The summed E-state index contributed by atoms with van der Waals surface area (Å²) in [5.41, 5.74) is 5.83. The fourth-order valence-corrected chi connectivity index (χ4v) is 1.86. The SMILES string of the molecule is CCCC(N)C(=O)N1CC(C)OCC1C. The molecule has 0 aromatic heterocycles. The molecule has 0 saturated carbocycles. The van der Waals surface area contributed by atoms with E-state index in [9.17, 15) is 4.79 Å². The zero-order valence-electron chi connectivity index (χ0n) is 9.90. The lowest BCUT2D eigenvalue weighted by molar-refractivity contribution is -0.144. The molecule has 1 saturated heterocycles. The van der Waals surface area contributed by atoms with Crippen LogP contribution >= 0.6 is 0 Å². The second-order valence-corrected chi connectivity index (χ2v) is 4.38. The Morgan fingerprint density at radius 2 is 2.27 bits per heavy atom. The Balaban J connectivity index is 2.56. The van der Waals surface area contributed by atoms with Crippen LogP contribution in [0.15, 0.2) is 0 Å². The highest BCUT2D eigenvalue weighted by Crippen LogP contribution is 2.13. The number of carbonyl (C=O) groups is 1. The maximum absolute atomic E-state index is 12.0. The van der Waals surface area contributed by atoms with E-state index in [0.717, 1.165) is 12.8 Å². The Kier molecular flexibility index (Phi) is 4.54. The van der Waals surface area contributed by atoms with Gasteiger partial charge in [0.15, 0.2) is 0 Å². The van der Waals surface area contributed by atoms with Crippen LogP contribution in [0.5, 0.6) is 0 Å². The van der Waals surface area contributed by atoms with Crippen molar-refractivity contribution in [3.63, 3.8) is 0 Å². The molecule has 1 heterocycles. The average Bonchev–Trinajstić information content (AvgIpc) is 2.21. The standard InChI is InChI=1S/C11H22N2O2/c1-4-5-10(12)11(14)13-6-9(3)15-7-8(13)2/h8-10H,4-7,12H2,1-3H3. The van der Waals surface area contributed by atoms with Crippen LogP contribution in [0.4, 0.5) is 0 Å². The van der Waals surface area contributed by atoms with Crippen molar-refractivity contribution in [3.05, 3.63) is 0 Å². The second kappa shape index (κ2) is 5.47. The van der Waals surface area contributed by atoms with Gasteiger partial charge in [-0.15, -0.1) is 0 Å². The molecule has 1 aliphatic rings. The molecule has 0 aromatic carbocycles. The summed E-state index contributed by atoms with van der Waals surface area (Å²) in [4.78, 5) is 13.8. The van der Waals surface area contributed by atoms with E-state index in [1.807, 2.05) is 25.7 Å². The van der Waals surface area contributed by atoms with Crippen LogP contribution < -0.4 is 5.73 Å². The summed E-state index contributed by atoms with van der Waals surface area (Å²) in [6, 6.07) is -0.195. The topological polar surface area (TPSA) is 55.6 Å². The molecular weight excluding hydrogens is 192 g/mol. The first-order valence-electron chi connectivity index (χ1n) is 5.74. The van der Waals surface area contributed by atoms with E-state index in [-0.39, 0.29) is 24.1 Å². The molecule has 3 atom stereocenters. The Morgan fingerprint density at radius 1 is 1.60 bits per heavy atom. The lowest BCUT2D eigenvalue weighted by atomic mass is 10.1. The maximum Gasteiger partial charge on any atom is 0.239 e. The molecule has 0 bridgehead atoms. The summed E-state index contributed by atoms with van der Waals surface area (Å²) >= 11 is 0. The zero-order chi connectivity index (χ0) is 11.4. The monoisotopic (exact) mass is 214 g/mol. The van der Waals surface area contributed by atoms with Gasteiger partial charge in [-0.25, -0.2) is 0 Å². The van der Waals surface area contributed by atoms with Crippen molar-refractivity contribution in [3.8, 4) is 0 Å². The van der Waals surface area contributed by atoms with E-state index in [2.05, 4.69) is 0 Å². The van der Waals surface area contributed by atoms with Crippen LogP contribution in [0, 0.1) is 0 Å². The minimum atomic E-state index is -0.345. The molecule has 4 heteroatoms. The van der Waals surface area contributed by atoms with Crippen LogP contribution in [0.2, 0.25) is 0 Å². The summed E-state index contributed by atoms with van der Waals surface area (Å²) in [5.74, 6) is 0.0690. The predicted molar refractivity (Wildman–Crippen MR) is 59.5 cm³/mol. The molecule has 0 aromatic rings. The number of carbonyl (C=O) groups excluding carboxylic acids is 1. The van der Waals surface area contributed by atoms with Crippen molar-refractivity contribution >= 4 is 5.91 Å². The van der Waals surface area contributed by atoms with Crippen LogP contribution in [0.1, 0.15) is 33.6 Å². The highest BCUT2D eigenvalue weighted by molar-refractivity contribution is 5.82. The largest absolute Gasteiger partial charge is 0.375 e. The number of nitrogens with zero attached hydrogens (tertiary/aromatic N) is 1. The van der Waals surface area contributed by atoms with Crippen molar-refractivity contribution < 1.29 is 9.53 Å². The predicted octanol–water partition coefficient (Wildman–Crippen LogP) is 0.750. The second-order valence-electron chi connectivity index (χ2n) is 4.38. The first kappa shape index (κ1) is 12.5. The van der Waals surface area contributed by atoms with Gasteiger partial charge in [0.05, 0.1) is 24.8 Å². The molecular formula is C11H22N2O2. The summed E-state index contributed by atoms with van der Waals surface area (Å²) in [6.45, 7) is 7.31. The summed E-state index contributed by atoms with van der Waals surface area (Å²) in [6.07, 6.45) is 1.83. The zero-order valence-corrected chi connectivity index (χ0v) is 9.90. The summed E-state index contributed by atoms with van der Waals surface area (Å²) in [5, 5.41) is 0. The molecule has 1 aliphatic heterocycles. The quantitative estimate of drug-likeness (QED) is 0.754. The molecule has 2 N–H and O–H groups in total. The van der Waals surface area contributed by atoms with E-state index >= 15 is 0 Å². The van der Waals surface area contributed by atoms with Crippen LogP contribution in [-0.2, 0) is 9.53 Å². The number of ether oxygens (including phenoxy) is 1. The minimum absolute atomic E-state index is 0.0690. The molecule has 3 unspecified atom stereocenters. The Labute approximate surface area is 91.8 Å². The van der Waals surface area contributed by atoms with E-state index in [4.69, 9.17) is 10.5 Å². The third-order valence-corrected chi connectivity index (χ3v) is 2.81. The number of amides is 1. The Morgan fingerprint density at radius 3 is 2.87 bits per heavy atom. The van der Waals surface area contributed by atoms with Crippen LogP contribution in [-0.4, -0.2) is 42.1 Å². The van der Waals surface area contributed by atoms with Crippen molar-refractivity contribution in [2.45, 2.75) is 51.8 Å². The molecule has 1 amide bonds. The van der Waals surface area contributed by atoms with Gasteiger partial charge in [-0.05, 0) is 20.3 Å². The van der Waals surface area contributed by atoms with Gasteiger partial charge in [-0.3, -0.25) is 4.79 Å². The fraction of sp³-hybridized carbons (Fsp3) is 0.909. The van der Waals surface area contributed by atoms with Crippen molar-refractivity contribution in [1.82, 2.24) is 4.90 Å². The highest BCUT2D eigenvalue weighted by Gasteiger charge is 2.29. The number of rotatable bonds is 3. The highest BCUT2D eigenvalue weighted by atomic mass is 16.5. The van der Waals surface area contributed by atoms with Crippen LogP contribution in [0.25, 0.3) is 0 Å². The molecule has 4 nitrogen and oxygen atoms in total. The molecule has 0 aliphatic carbocycles.